The predicted molar refractivity (Wildman–Crippen MR) is 123 cm³/mol. The Hall–Kier alpha value is -3.45. The summed E-state index contributed by atoms with van der Waals surface area (Å²) in [6, 6.07) is 20.2. The van der Waals surface area contributed by atoms with Gasteiger partial charge in [-0.1, -0.05) is 65.4 Å². The lowest BCUT2D eigenvalue weighted by Gasteiger charge is -2.11. The topological polar surface area (TPSA) is 72.7 Å². The number of thioether (sulfide) groups is 1. The monoisotopic (exact) mass is 429 g/mol. The molecule has 7 heteroatoms. The van der Waals surface area contributed by atoms with Gasteiger partial charge < -0.3 is 5.32 Å². The highest BCUT2D eigenvalue weighted by Crippen LogP contribution is 2.28. The van der Waals surface area contributed by atoms with Crippen molar-refractivity contribution >= 4 is 17.7 Å². The molecule has 2 aromatic carbocycles. The van der Waals surface area contributed by atoms with Gasteiger partial charge in [0.2, 0.25) is 5.91 Å². The van der Waals surface area contributed by atoms with Crippen LogP contribution in [0.1, 0.15) is 16.7 Å². The average Bonchev–Trinajstić information content (AvgIpc) is 3.22. The molecule has 1 N–H and O–H groups in total. The quantitative estimate of drug-likeness (QED) is 0.442. The lowest BCUT2D eigenvalue weighted by Crippen LogP contribution is -2.24. The number of carbonyl (C=O) groups excluding carboxylic acids is 1. The van der Waals surface area contributed by atoms with Crippen molar-refractivity contribution in [2.45, 2.75) is 25.5 Å². The van der Waals surface area contributed by atoms with E-state index in [0.717, 1.165) is 22.6 Å². The molecular weight excluding hydrogens is 406 g/mol. The number of carbonyl (C=O) groups is 1. The molecule has 0 unspecified atom stereocenters. The maximum Gasteiger partial charge on any atom is 0.230 e. The number of rotatable bonds is 7. The van der Waals surface area contributed by atoms with Gasteiger partial charge in [-0.25, -0.2) is 0 Å². The van der Waals surface area contributed by atoms with E-state index in [2.05, 4.69) is 58.6 Å². The van der Waals surface area contributed by atoms with E-state index in [1.54, 1.807) is 12.4 Å². The second-order valence-corrected chi connectivity index (χ2v) is 8.21. The molecule has 0 aliphatic rings. The highest BCUT2D eigenvalue weighted by Gasteiger charge is 2.17. The van der Waals surface area contributed by atoms with Crippen molar-refractivity contribution in [3.63, 3.8) is 0 Å². The molecule has 0 saturated carbocycles. The first-order chi connectivity index (χ1) is 15.1. The summed E-state index contributed by atoms with van der Waals surface area (Å²) in [5, 5.41) is 12.4. The Kier molecular flexibility index (Phi) is 6.43. The number of hydrogen-bond donors (Lipinski definition) is 1. The van der Waals surface area contributed by atoms with Gasteiger partial charge in [0.25, 0.3) is 0 Å². The van der Waals surface area contributed by atoms with Crippen molar-refractivity contribution in [3.05, 3.63) is 89.7 Å². The minimum absolute atomic E-state index is 0.0656. The number of amides is 1. The third-order valence-corrected chi connectivity index (χ3v) is 5.71. The zero-order valence-corrected chi connectivity index (χ0v) is 18.3. The van der Waals surface area contributed by atoms with Gasteiger partial charge in [-0.15, -0.1) is 10.2 Å². The van der Waals surface area contributed by atoms with Crippen molar-refractivity contribution in [1.29, 1.82) is 0 Å². The summed E-state index contributed by atoms with van der Waals surface area (Å²) in [6.45, 7) is 4.56. The van der Waals surface area contributed by atoms with E-state index in [0.29, 0.717) is 11.7 Å². The molecule has 156 valence electrons. The van der Waals surface area contributed by atoms with E-state index in [1.165, 1.54) is 22.9 Å². The average molecular weight is 430 g/mol. The maximum absolute atomic E-state index is 12.4. The molecule has 0 bridgehead atoms. The van der Waals surface area contributed by atoms with Crippen LogP contribution in [0.2, 0.25) is 0 Å². The smallest absolute Gasteiger partial charge is 0.230 e. The molecule has 2 heterocycles. The Bertz CT molecular complexity index is 1160. The first-order valence-corrected chi connectivity index (χ1v) is 11.0. The number of benzene rings is 2. The van der Waals surface area contributed by atoms with Gasteiger partial charge in [0.15, 0.2) is 11.0 Å². The third-order valence-electron chi connectivity index (χ3n) is 4.78. The fourth-order valence-corrected chi connectivity index (χ4v) is 3.85. The number of pyridine rings is 1. The first-order valence-electron chi connectivity index (χ1n) is 9.98. The molecule has 31 heavy (non-hydrogen) atoms. The van der Waals surface area contributed by atoms with Gasteiger partial charge in [0, 0.05) is 30.2 Å². The molecule has 4 aromatic rings. The molecule has 2 aromatic heterocycles. The van der Waals surface area contributed by atoms with Crippen LogP contribution in [0.5, 0.6) is 0 Å². The van der Waals surface area contributed by atoms with Gasteiger partial charge in [0.05, 0.1) is 5.75 Å². The van der Waals surface area contributed by atoms with Crippen LogP contribution < -0.4 is 5.32 Å². The maximum atomic E-state index is 12.4. The molecule has 0 spiro atoms. The number of hydrogen-bond acceptors (Lipinski definition) is 5. The Morgan fingerprint density at radius 2 is 1.68 bits per heavy atom. The van der Waals surface area contributed by atoms with E-state index >= 15 is 0 Å². The van der Waals surface area contributed by atoms with Crippen molar-refractivity contribution < 1.29 is 4.79 Å². The first kappa shape index (κ1) is 20.8. The lowest BCUT2D eigenvalue weighted by atomic mass is 10.1. The van der Waals surface area contributed by atoms with Crippen LogP contribution in [-0.4, -0.2) is 31.4 Å². The van der Waals surface area contributed by atoms with E-state index in [4.69, 9.17) is 0 Å². The Morgan fingerprint density at radius 1 is 0.968 bits per heavy atom. The zero-order valence-electron chi connectivity index (χ0n) is 17.4. The fraction of sp³-hybridized carbons (Fsp3) is 0.167. The van der Waals surface area contributed by atoms with Crippen molar-refractivity contribution in [2.75, 3.05) is 5.75 Å². The number of nitrogens with zero attached hydrogens (tertiary/aromatic N) is 4. The summed E-state index contributed by atoms with van der Waals surface area (Å²) in [4.78, 5) is 16.5. The minimum Gasteiger partial charge on any atom is -0.351 e. The van der Waals surface area contributed by atoms with Crippen molar-refractivity contribution in [2.24, 2.45) is 0 Å². The van der Waals surface area contributed by atoms with Gasteiger partial charge in [-0.05, 0) is 37.6 Å². The normalized spacial score (nSPS) is 10.8. The summed E-state index contributed by atoms with van der Waals surface area (Å²) in [7, 11) is 0. The third kappa shape index (κ3) is 5.19. The summed E-state index contributed by atoms with van der Waals surface area (Å²) in [6.07, 6.45) is 3.46. The molecule has 0 aliphatic carbocycles. The van der Waals surface area contributed by atoms with E-state index in [1.807, 2.05) is 41.0 Å². The molecule has 0 saturated heterocycles. The highest BCUT2D eigenvalue weighted by molar-refractivity contribution is 7.99. The Morgan fingerprint density at radius 3 is 2.35 bits per heavy atom. The summed E-state index contributed by atoms with van der Waals surface area (Å²) in [5.41, 5.74) is 5.27. The minimum atomic E-state index is -0.0656. The zero-order chi connectivity index (χ0) is 21.6. The van der Waals surface area contributed by atoms with Crippen LogP contribution in [0.3, 0.4) is 0 Å². The second kappa shape index (κ2) is 9.57. The second-order valence-electron chi connectivity index (χ2n) is 7.27. The van der Waals surface area contributed by atoms with E-state index < -0.39 is 0 Å². The van der Waals surface area contributed by atoms with E-state index in [-0.39, 0.29) is 11.7 Å². The summed E-state index contributed by atoms with van der Waals surface area (Å²) in [5.74, 6) is 0.935. The van der Waals surface area contributed by atoms with Crippen molar-refractivity contribution in [3.8, 4) is 17.1 Å². The Balaban J connectivity index is 1.55. The van der Waals surface area contributed by atoms with Crippen LogP contribution in [0.4, 0.5) is 0 Å². The number of aromatic nitrogens is 4. The molecule has 0 radical (unpaired) electrons. The fourth-order valence-electron chi connectivity index (χ4n) is 3.06. The molecular formula is C24H23N5OS. The molecule has 1 amide bonds. The largest absolute Gasteiger partial charge is 0.351 e. The summed E-state index contributed by atoms with van der Waals surface area (Å²) >= 11 is 1.37. The van der Waals surface area contributed by atoms with Gasteiger partial charge in [-0.2, -0.15) is 0 Å². The van der Waals surface area contributed by atoms with Gasteiger partial charge >= 0.3 is 0 Å². The predicted octanol–water partition coefficient (Wildman–Crippen LogP) is 4.35. The molecule has 0 fully saturated rings. The van der Waals surface area contributed by atoms with Crippen LogP contribution in [0, 0.1) is 13.8 Å². The van der Waals surface area contributed by atoms with Crippen LogP contribution in [0.25, 0.3) is 17.1 Å². The Labute approximate surface area is 185 Å². The molecule has 6 nitrogen and oxygen atoms in total. The van der Waals surface area contributed by atoms with E-state index in [9.17, 15) is 4.79 Å². The van der Waals surface area contributed by atoms with Gasteiger partial charge in [-0.3, -0.25) is 14.3 Å². The standard InChI is InChI=1S/C24H23N5OS/c1-17-5-9-20(10-6-17)23-27-28-24(29(23)21-11-7-18(2)8-12-21)31-16-22(30)26-15-19-4-3-13-25-14-19/h3-14H,15-16H2,1-2H3,(H,26,30). The molecule has 0 aliphatic heterocycles. The van der Waals surface area contributed by atoms with Gasteiger partial charge in [0.1, 0.15) is 0 Å². The summed E-state index contributed by atoms with van der Waals surface area (Å²) < 4.78 is 2.00. The van der Waals surface area contributed by atoms with Crippen LogP contribution >= 0.6 is 11.8 Å². The number of aryl methyl sites for hydroxylation is 2. The molecule has 0 atom stereocenters. The van der Waals surface area contributed by atoms with Crippen LogP contribution in [-0.2, 0) is 11.3 Å². The SMILES string of the molecule is Cc1ccc(-c2nnc(SCC(=O)NCc3cccnc3)n2-c2ccc(C)cc2)cc1. The highest BCUT2D eigenvalue weighted by atomic mass is 32.2. The molecule has 4 rings (SSSR count). The lowest BCUT2D eigenvalue weighted by molar-refractivity contribution is -0.118. The van der Waals surface area contributed by atoms with Crippen molar-refractivity contribution in [1.82, 2.24) is 25.1 Å². The van der Waals surface area contributed by atoms with Crippen LogP contribution in [0.15, 0.2) is 78.2 Å². The number of nitrogens with one attached hydrogen (secondary N) is 1.